The summed E-state index contributed by atoms with van der Waals surface area (Å²) in [6, 6.07) is 1.68. The highest BCUT2D eigenvalue weighted by Gasteiger charge is 2.40. The zero-order valence-electron chi connectivity index (χ0n) is 16.6. The van der Waals surface area contributed by atoms with Crippen LogP contribution in [0.1, 0.15) is 42.4 Å². The van der Waals surface area contributed by atoms with Gasteiger partial charge in [0.2, 0.25) is 0 Å². The van der Waals surface area contributed by atoms with Gasteiger partial charge in [0.1, 0.15) is 5.82 Å². The van der Waals surface area contributed by atoms with Crippen LogP contribution in [-0.4, -0.2) is 49.8 Å². The molecule has 0 saturated carbocycles. The summed E-state index contributed by atoms with van der Waals surface area (Å²) in [5.41, 5.74) is 1.71. The molecule has 0 atom stereocenters. The molecule has 156 valence electrons. The molecule has 4 heterocycles. The third-order valence-corrected chi connectivity index (χ3v) is 4.86. The number of hydrogen-bond donors (Lipinski definition) is 2. The maximum atomic E-state index is 13.8. The Morgan fingerprint density at radius 1 is 1.23 bits per heavy atom. The molecule has 1 aliphatic rings. The lowest BCUT2D eigenvalue weighted by atomic mass is 10.1. The first-order chi connectivity index (χ1) is 14.3. The number of amides is 1. The molecule has 8 nitrogen and oxygen atoms in total. The minimum Gasteiger partial charge on any atom is -0.351 e. The molecule has 4 rings (SSSR count). The van der Waals surface area contributed by atoms with Gasteiger partial charge in [0.05, 0.1) is 29.8 Å². The van der Waals surface area contributed by atoms with E-state index < -0.39 is 18.4 Å². The highest BCUT2D eigenvalue weighted by atomic mass is 19.3. The molecule has 0 spiro atoms. The normalized spacial score (nSPS) is 15.6. The van der Waals surface area contributed by atoms with Gasteiger partial charge in [0.15, 0.2) is 5.82 Å². The van der Waals surface area contributed by atoms with E-state index >= 15 is 0 Å². The second-order valence-electron chi connectivity index (χ2n) is 7.48. The van der Waals surface area contributed by atoms with Crippen LogP contribution in [0.15, 0.2) is 37.2 Å². The molecule has 2 N–H and O–H groups in total. The Labute approximate surface area is 171 Å². The van der Waals surface area contributed by atoms with Gasteiger partial charge in [-0.25, -0.2) is 28.7 Å². The van der Waals surface area contributed by atoms with Crippen molar-refractivity contribution in [3.8, 4) is 11.3 Å². The van der Waals surface area contributed by atoms with Crippen molar-refractivity contribution in [2.24, 2.45) is 0 Å². The zero-order chi connectivity index (χ0) is 21.3. The van der Waals surface area contributed by atoms with Gasteiger partial charge in [-0.15, -0.1) is 0 Å². The number of rotatable bonds is 5. The number of H-pyrrole nitrogens is 1. The Morgan fingerprint density at radius 3 is 2.60 bits per heavy atom. The summed E-state index contributed by atoms with van der Waals surface area (Å²) in [4.78, 5) is 34.2. The molecule has 10 heteroatoms. The fourth-order valence-electron chi connectivity index (χ4n) is 3.29. The first kappa shape index (κ1) is 19.9. The molecule has 0 radical (unpaired) electrons. The van der Waals surface area contributed by atoms with Crippen LogP contribution in [0.4, 0.5) is 20.3 Å². The fraction of sp³-hybridized carbons (Fsp3) is 0.350. The van der Waals surface area contributed by atoms with E-state index in [2.05, 4.69) is 30.2 Å². The largest absolute Gasteiger partial charge is 0.351 e. The molecule has 3 aromatic heterocycles. The van der Waals surface area contributed by atoms with E-state index in [4.69, 9.17) is 0 Å². The predicted octanol–water partition coefficient (Wildman–Crippen LogP) is 3.48. The van der Waals surface area contributed by atoms with Gasteiger partial charge in [-0.05, 0) is 6.07 Å². The average Bonchev–Trinajstić information content (AvgIpc) is 3.37. The smallest absolute Gasteiger partial charge is 0.266 e. The van der Waals surface area contributed by atoms with E-state index in [1.165, 1.54) is 29.8 Å². The van der Waals surface area contributed by atoms with Crippen molar-refractivity contribution < 1.29 is 13.6 Å². The summed E-state index contributed by atoms with van der Waals surface area (Å²) in [5, 5.41) is 2.81. The van der Waals surface area contributed by atoms with Crippen molar-refractivity contribution in [3.63, 3.8) is 0 Å². The average molecular weight is 413 g/mol. The van der Waals surface area contributed by atoms with Gasteiger partial charge in [0, 0.05) is 49.2 Å². The van der Waals surface area contributed by atoms with Crippen LogP contribution >= 0.6 is 0 Å². The van der Waals surface area contributed by atoms with E-state index in [-0.39, 0.29) is 30.3 Å². The summed E-state index contributed by atoms with van der Waals surface area (Å²) in [6.07, 6.45) is 7.32. The van der Waals surface area contributed by atoms with Gasteiger partial charge < -0.3 is 15.2 Å². The van der Waals surface area contributed by atoms with E-state index in [9.17, 15) is 13.6 Å². The van der Waals surface area contributed by atoms with Crippen LogP contribution in [0.5, 0.6) is 0 Å². The fourth-order valence-corrected chi connectivity index (χ4v) is 3.29. The maximum absolute atomic E-state index is 13.8. The Hall–Kier alpha value is -3.43. The van der Waals surface area contributed by atoms with E-state index in [1.807, 2.05) is 13.8 Å². The number of carbonyl (C=O) groups is 1. The van der Waals surface area contributed by atoms with Crippen molar-refractivity contribution in [1.82, 2.24) is 24.9 Å². The van der Waals surface area contributed by atoms with Crippen molar-refractivity contribution >= 4 is 17.4 Å². The van der Waals surface area contributed by atoms with Crippen molar-refractivity contribution in [3.05, 3.63) is 48.6 Å². The minimum atomic E-state index is -2.80. The molecular formula is C20H21F2N7O. The Kier molecular flexibility index (Phi) is 5.15. The Bertz CT molecular complexity index is 1040. The van der Waals surface area contributed by atoms with Crippen molar-refractivity contribution in [2.75, 3.05) is 23.3 Å². The summed E-state index contributed by atoms with van der Waals surface area (Å²) in [5.74, 6) is -2.21. The highest BCUT2D eigenvalue weighted by Crippen LogP contribution is 2.38. The number of pyridine rings is 1. The number of hydrogen-bond acceptors (Lipinski definition) is 6. The predicted molar refractivity (Wildman–Crippen MR) is 108 cm³/mol. The lowest BCUT2D eigenvalue weighted by molar-refractivity contribution is 0.0257. The highest BCUT2D eigenvalue weighted by molar-refractivity contribution is 6.07. The lowest BCUT2D eigenvalue weighted by Gasteiger charge is -2.22. The SMILES string of the molecule is CC(C)c1ncc(C(=O)Nc2c(-c3c[nH]cn3)ccnc2N2CCC(F)(F)C2)cn1. The molecule has 0 aliphatic carbocycles. The van der Waals surface area contributed by atoms with Gasteiger partial charge in [0.25, 0.3) is 11.8 Å². The first-order valence-corrected chi connectivity index (χ1v) is 9.58. The molecule has 1 saturated heterocycles. The van der Waals surface area contributed by atoms with E-state index in [1.54, 1.807) is 12.3 Å². The van der Waals surface area contributed by atoms with Gasteiger partial charge in [-0.3, -0.25) is 4.79 Å². The van der Waals surface area contributed by atoms with Crippen LogP contribution in [0.3, 0.4) is 0 Å². The quantitative estimate of drug-likeness (QED) is 0.664. The van der Waals surface area contributed by atoms with Crippen LogP contribution in [0.2, 0.25) is 0 Å². The Balaban J connectivity index is 1.70. The molecule has 30 heavy (non-hydrogen) atoms. The first-order valence-electron chi connectivity index (χ1n) is 9.58. The second-order valence-corrected chi connectivity index (χ2v) is 7.48. The van der Waals surface area contributed by atoms with Crippen molar-refractivity contribution in [2.45, 2.75) is 32.1 Å². The molecule has 3 aromatic rings. The van der Waals surface area contributed by atoms with Crippen LogP contribution in [0, 0.1) is 0 Å². The molecule has 1 amide bonds. The third-order valence-electron chi connectivity index (χ3n) is 4.86. The zero-order valence-corrected chi connectivity index (χ0v) is 16.6. The second kappa shape index (κ2) is 7.77. The number of aromatic nitrogens is 5. The van der Waals surface area contributed by atoms with Crippen LogP contribution in [-0.2, 0) is 0 Å². The number of alkyl halides is 2. The molecular weight excluding hydrogens is 392 g/mol. The van der Waals surface area contributed by atoms with Gasteiger partial charge in [-0.2, -0.15) is 0 Å². The third kappa shape index (κ3) is 3.98. The number of nitrogens with zero attached hydrogens (tertiary/aromatic N) is 5. The minimum absolute atomic E-state index is 0.134. The number of imidazole rings is 1. The van der Waals surface area contributed by atoms with E-state index in [0.29, 0.717) is 22.8 Å². The van der Waals surface area contributed by atoms with Crippen LogP contribution < -0.4 is 10.2 Å². The van der Waals surface area contributed by atoms with Crippen molar-refractivity contribution in [1.29, 1.82) is 0 Å². The summed E-state index contributed by atoms with van der Waals surface area (Å²) in [6.45, 7) is 3.59. The lowest BCUT2D eigenvalue weighted by Crippen LogP contribution is -2.27. The van der Waals surface area contributed by atoms with Gasteiger partial charge in [-0.1, -0.05) is 13.8 Å². The number of aromatic amines is 1. The molecule has 1 aliphatic heterocycles. The standard InChI is InChI=1S/C20H21F2N7O/c1-12(2)17-25-7-13(8-26-17)19(30)28-16-14(15-9-23-11-27-15)3-5-24-18(16)29-6-4-20(21,22)10-29/h3,5,7-9,11-12H,4,6,10H2,1-2H3,(H,23,27)(H,28,30). The van der Waals surface area contributed by atoms with Gasteiger partial charge >= 0.3 is 0 Å². The molecule has 0 unspecified atom stereocenters. The number of carbonyl (C=O) groups excluding carboxylic acids is 1. The number of halogens is 2. The molecule has 1 fully saturated rings. The molecule has 0 aromatic carbocycles. The molecule has 0 bridgehead atoms. The van der Waals surface area contributed by atoms with E-state index in [0.717, 1.165) is 0 Å². The summed E-state index contributed by atoms with van der Waals surface area (Å²) >= 11 is 0. The topological polar surface area (TPSA) is 99.7 Å². The maximum Gasteiger partial charge on any atom is 0.266 e. The monoisotopic (exact) mass is 413 g/mol. The van der Waals surface area contributed by atoms with Crippen LogP contribution in [0.25, 0.3) is 11.3 Å². The number of anilines is 2. The number of nitrogens with one attached hydrogen (secondary N) is 2. The Morgan fingerprint density at radius 2 is 2.00 bits per heavy atom. The summed E-state index contributed by atoms with van der Waals surface area (Å²) < 4.78 is 27.7. The summed E-state index contributed by atoms with van der Waals surface area (Å²) in [7, 11) is 0.